The van der Waals surface area contributed by atoms with Crippen molar-refractivity contribution in [1.82, 2.24) is 0 Å². The highest BCUT2D eigenvalue weighted by Gasteiger charge is 2.27. The highest BCUT2D eigenvalue weighted by molar-refractivity contribution is 6.14. The van der Waals surface area contributed by atoms with Gasteiger partial charge in [0.15, 0.2) is 5.78 Å². The number of methoxy groups -OCH3 is 1. The molecule has 5 nitrogen and oxygen atoms in total. The van der Waals surface area contributed by atoms with Gasteiger partial charge in [-0.1, -0.05) is 30.3 Å². The molecule has 0 amide bonds. The zero-order valence-electron chi connectivity index (χ0n) is 12.7. The van der Waals surface area contributed by atoms with Crippen LogP contribution in [-0.2, 0) is 0 Å². The van der Waals surface area contributed by atoms with E-state index in [9.17, 15) is 4.79 Å². The summed E-state index contributed by atoms with van der Waals surface area (Å²) in [5.41, 5.74) is 7.41. The molecular formula is C18H17N3O2. The lowest BCUT2D eigenvalue weighted by molar-refractivity contribution is 0.0968. The minimum atomic E-state index is -0.591. The first-order valence-electron chi connectivity index (χ1n) is 7.24. The Morgan fingerprint density at radius 3 is 2.52 bits per heavy atom. The third-order valence-corrected chi connectivity index (χ3v) is 3.64. The Hall–Kier alpha value is -3.08. The molecule has 1 aliphatic rings. The van der Waals surface area contributed by atoms with Gasteiger partial charge in [-0.05, 0) is 30.3 Å². The van der Waals surface area contributed by atoms with E-state index < -0.39 is 5.92 Å². The summed E-state index contributed by atoms with van der Waals surface area (Å²) in [5.74, 6) is 0.0652. The van der Waals surface area contributed by atoms with Gasteiger partial charge >= 0.3 is 0 Å². The van der Waals surface area contributed by atoms with Gasteiger partial charge in [-0.25, -0.2) is 5.01 Å². The maximum absolute atomic E-state index is 12.7. The number of carbonyl (C=O) groups excluding carboxylic acids is 1. The van der Waals surface area contributed by atoms with Gasteiger partial charge < -0.3 is 10.5 Å². The predicted molar refractivity (Wildman–Crippen MR) is 90.5 cm³/mol. The highest BCUT2D eigenvalue weighted by atomic mass is 16.5. The van der Waals surface area contributed by atoms with Gasteiger partial charge in [-0.3, -0.25) is 4.79 Å². The van der Waals surface area contributed by atoms with Gasteiger partial charge in [0.05, 0.1) is 18.4 Å². The van der Waals surface area contributed by atoms with E-state index in [2.05, 4.69) is 5.10 Å². The van der Waals surface area contributed by atoms with Crippen molar-refractivity contribution < 1.29 is 9.53 Å². The van der Waals surface area contributed by atoms with E-state index in [4.69, 9.17) is 10.5 Å². The third kappa shape index (κ3) is 2.94. The molecule has 0 spiro atoms. The van der Waals surface area contributed by atoms with Crippen molar-refractivity contribution >= 4 is 17.3 Å². The van der Waals surface area contributed by atoms with Crippen LogP contribution < -0.4 is 15.5 Å². The van der Waals surface area contributed by atoms with Crippen LogP contribution in [0.2, 0.25) is 0 Å². The number of ether oxygens (including phenoxy) is 1. The molecule has 1 aliphatic heterocycles. The molecule has 23 heavy (non-hydrogen) atoms. The molecule has 0 radical (unpaired) electrons. The molecule has 0 aliphatic carbocycles. The van der Waals surface area contributed by atoms with Crippen LogP contribution in [0, 0.1) is 5.92 Å². The second-order valence-electron chi connectivity index (χ2n) is 5.09. The number of nitrogens with zero attached hydrogens (tertiary/aromatic N) is 2. The summed E-state index contributed by atoms with van der Waals surface area (Å²) in [5, 5.41) is 5.97. The van der Waals surface area contributed by atoms with Crippen molar-refractivity contribution in [3.05, 3.63) is 72.4 Å². The van der Waals surface area contributed by atoms with Crippen molar-refractivity contribution in [3.63, 3.8) is 0 Å². The molecule has 0 fully saturated rings. The molecule has 2 aromatic carbocycles. The Bertz CT molecular complexity index is 769. The fraction of sp³-hybridized carbons (Fsp3) is 0.111. The lowest BCUT2D eigenvalue weighted by Gasteiger charge is -2.23. The van der Waals surface area contributed by atoms with Gasteiger partial charge in [0.1, 0.15) is 17.5 Å². The molecule has 2 N–H and O–H groups in total. The standard InChI is InChI=1S/C18H17N3O2/c1-23-16-10-6-5-9-14(16)17(22)15-11-12-21(20-18(15)19)13-7-3-2-4-8-13/h2-12,15H,1H3,(H2,19,20). The molecular weight excluding hydrogens is 290 g/mol. The monoisotopic (exact) mass is 307 g/mol. The number of rotatable bonds is 4. The van der Waals surface area contributed by atoms with Crippen LogP contribution >= 0.6 is 0 Å². The first-order chi connectivity index (χ1) is 11.2. The maximum Gasteiger partial charge on any atom is 0.181 e. The SMILES string of the molecule is COc1ccccc1C(=O)C1C=CN(c2ccccc2)N=C1N. The van der Waals surface area contributed by atoms with Gasteiger partial charge in [-0.15, -0.1) is 0 Å². The average Bonchev–Trinajstić information content (AvgIpc) is 2.61. The molecule has 2 aromatic rings. The van der Waals surface area contributed by atoms with Crippen molar-refractivity contribution in [2.45, 2.75) is 0 Å². The fourth-order valence-electron chi connectivity index (χ4n) is 2.45. The fourth-order valence-corrected chi connectivity index (χ4v) is 2.45. The Labute approximate surface area is 134 Å². The van der Waals surface area contributed by atoms with E-state index in [1.54, 1.807) is 35.5 Å². The zero-order chi connectivity index (χ0) is 16.2. The number of anilines is 1. The van der Waals surface area contributed by atoms with E-state index in [1.807, 2.05) is 36.4 Å². The summed E-state index contributed by atoms with van der Waals surface area (Å²) < 4.78 is 5.25. The van der Waals surface area contributed by atoms with Gasteiger partial charge in [-0.2, -0.15) is 5.10 Å². The number of ketones is 1. The zero-order valence-corrected chi connectivity index (χ0v) is 12.7. The number of benzene rings is 2. The Kier molecular flexibility index (Phi) is 4.10. The van der Waals surface area contributed by atoms with E-state index in [0.717, 1.165) is 5.69 Å². The lowest BCUT2D eigenvalue weighted by atomic mass is 9.95. The van der Waals surface area contributed by atoms with Crippen LogP contribution in [-0.4, -0.2) is 18.7 Å². The third-order valence-electron chi connectivity index (χ3n) is 3.64. The number of hydrazone groups is 1. The quantitative estimate of drug-likeness (QED) is 0.882. The van der Waals surface area contributed by atoms with Crippen LogP contribution in [0.3, 0.4) is 0 Å². The number of carbonyl (C=O) groups is 1. The molecule has 1 heterocycles. The number of Topliss-reactive ketones (excluding diaryl/α,β-unsaturated/α-hetero) is 1. The summed E-state index contributed by atoms with van der Waals surface area (Å²) >= 11 is 0. The average molecular weight is 307 g/mol. The molecule has 116 valence electrons. The van der Waals surface area contributed by atoms with E-state index in [-0.39, 0.29) is 11.6 Å². The van der Waals surface area contributed by atoms with Crippen molar-refractivity contribution in [2.24, 2.45) is 16.8 Å². The Morgan fingerprint density at radius 1 is 1.13 bits per heavy atom. The molecule has 0 saturated carbocycles. The summed E-state index contributed by atoms with van der Waals surface area (Å²) in [6.07, 6.45) is 3.51. The topological polar surface area (TPSA) is 67.9 Å². The van der Waals surface area contributed by atoms with Crippen LogP contribution in [0.15, 0.2) is 72.0 Å². The molecule has 1 unspecified atom stereocenters. The smallest absolute Gasteiger partial charge is 0.181 e. The number of amidine groups is 1. The minimum absolute atomic E-state index is 0.132. The summed E-state index contributed by atoms with van der Waals surface area (Å²) in [4.78, 5) is 12.7. The van der Waals surface area contributed by atoms with Crippen LogP contribution in [0.4, 0.5) is 5.69 Å². The molecule has 5 heteroatoms. The van der Waals surface area contributed by atoms with Crippen molar-refractivity contribution in [2.75, 3.05) is 12.1 Å². The minimum Gasteiger partial charge on any atom is -0.496 e. The van der Waals surface area contributed by atoms with Gasteiger partial charge in [0, 0.05) is 6.20 Å². The molecule has 0 aromatic heterocycles. The van der Waals surface area contributed by atoms with Crippen molar-refractivity contribution in [1.29, 1.82) is 0 Å². The highest BCUT2D eigenvalue weighted by Crippen LogP contribution is 2.25. The Morgan fingerprint density at radius 2 is 1.83 bits per heavy atom. The number of hydrogen-bond acceptors (Lipinski definition) is 5. The second-order valence-corrected chi connectivity index (χ2v) is 5.09. The second kappa shape index (κ2) is 6.36. The molecule has 1 atom stereocenters. The number of hydrogen-bond donors (Lipinski definition) is 1. The van der Waals surface area contributed by atoms with Gasteiger partial charge in [0.25, 0.3) is 0 Å². The van der Waals surface area contributed by atoms with Crippen molar-refractivity contribution in [3.8, 4) is 5.75 Å². The first-order valence-corrected chi connectivity index (χ1v) is 7.24. The van der Waals surface area contributed by atoms with Crippen LogP contribution in [0.1, 0.15) is 10.4 Å². The largest absolute Gasteiger partial charge is 0.496 e. The van der Waals surface area contributed by atoms with Crippen LogP contribution in [0.25, 0.3) is 0 Å². The molecule has 3 rings (SSSR count). The summed E-state index contributed by atoms with van der Waals surface area (Å²) in [7, 11) is 1.54. The van der Waals surface area contributed by atoms with E-state index >= 15 is 0 Å². The molecule has 0 saturated heterocycles. The van der Waals surface area contributed by atoms with E-state index in [0.29, 0.717) is 11.3 Å². The predicted octanol–water partition coefficient (Wildman–Crippen LogP) is 2.80. The lowest BCUT2D eigenvalue weighted by Crippen LogP contribution is -2.34. The first kappa shape index (κ1) is 14.8. The van der Waals surface area contributed by atoms with Gasteiger partial charge in [0.2, 0.25) is 0 Å². The summed E-state index contributed by atoms with van der Waals surface area (Å²) in [6.45, 7) is 0. The maximum atomic E-state index is 12.7. The summed E-state index contributed by atoms with van der Waals surface area (Å²) in [6, 6.07) is 16.7. The van der Waals surface area contributed by atoms with Crippen LogP contribution in [0.5, 0.6) is 5.75 Å². The van der Waals surface area contributed by atoms with E-state index in [1.165, 1.54) is 7.11 Å². The normalized spacial score (nSPS) is 16.8. The number of nitrogens with two attached hydrogens (primary N) is 1. The molecule has 0 bridgehead atoms. The Balaban J connectivity index is 1.86. The number of para-hydroxylation sites is 2.